The summed E-state index contributed by atoms with van der Waals surface area (Å²) < 4.78 is 10.9. The zero-order chi connectivity index (χ0) is 22.7. The van der Waals surface area contributed by atoms with E-state index in [1.807, 2.05) is 26.0 Å². The first kappa shape index (κ1) is 22.4. The van der Waals surface area contributed by atoms with Crippen molar-refractivity contribution in [2.75, 3.05) is 12.0 Å². The average molecular weight is 442 g/mol. The first-order valence-corrected chi connectivity index (χ1v) is 10.5. The molecule has 1 fully saturated rings. The smallest absolute Gasteiger partial charge is 0.344 e. The first-order valence-electron chi connectivity index (χ1n) is 9.67. The van der Waals surface area contributed by atoms with Gasteiger partial charge in [-0.15, -0.1) is 0 Å². The molecule has 1 aliphatic heterocycles. The third kappa shape index (κ3) is 4.74. The van der Waals surface area contributed by atoms with E-state index >= 15 is 0 Å². The van der Waals surface area contributed by atoms with Crippen LogP contribution >= 0.6 is 11.8 Å². The molecule has 8 heteroatoms. The number of aliphatic carboxylic acids is 1. The molecule has 1 heterocycles. The van der Waals surface area contributed by atoms with Crippen molar-refractivity contribution in [2.24, 2.45) is 0 Å². The number of ether oxygens (including phenoxy) is 2. The van der Waals surface area contributed by atoms with Gasteiger partial charge in [0.25, 0.3) is 11.1 Å². The fraction of sp³-hybridized carbons (Fsp3) is 0.261. The van der Waals surface area contributed by atoms with Gasteiger partial charge in [-0.05, 0) is 67.4 Å². The molecule has 0 radical (unpaired) electrons. The van der Waals surface area contributed by atoms with Crippen molar-refractivity contribution in [3.05, 3.63) is 58.0 Å². The number of hydrogen-bond acceptors (Lipinski definition) is 6. The Kier molecular flexibility index (Phi) is 6.70. The van der Waals surface area contributed by atoms with Crippen LogP contribution < -0.4 is 14.4 Å². The Morgan fingerprint density at radius 1 is 1.16 bits per heavy atom. The average Bonchev–Trinajstić information content (AvgIpc) is 2.99. The zero-order valence-corrected chi connectivity index (χ0v) is 18.5. The van der Waals surface area contributed by atoms with Gasteiger partial charge < -0.3 is 14.6 Å². The number of carboxylic acid groups (broad SMARTS) is 1. The van der Waals surface area contributed by atoms with Gasteiger partial charge in [0.1, 0.15) is 0 Å². The maximum Gasteiger partial charge on any atom is 0.344 e. The number of rotatable bonds is 7. The molecule has 1 aliphatic rings. The van der Waals surface area contributed by atoms with Crippen molar-refractivity contribution >= 4 is 40.6 Å². The molecule has 0 aromatic heterocycles. The van der Waals surface area contributed by atoms with Gasteiger partial charge in [-0.3, -0.25) is 9.59 Å². The summed E-state index contributed by atoms with van der Waals surface area (Å²) in [7, 11) is 1.45. The van der Waals surface area contributed by atoms with Crippen LogP contribution in [0.4, 0.5) is 10.5 Å². The number of thioether (sulfide) groups is 1. The number of carbonyl (C=O) groups excluding carboxylic acids is 2. The summed E-state index contributed by atoms with van der Waals surface area (Å²) in [5.74, 6) is -0.828. The van der Waals surface area contributed by atoms with E-state index in [0.717, 1.165) is 22.9 Å². The molecule has 0 spiro atoms. The lowest BCUT2D eigenvalue weighted by Crippen LogP contribution is -2.28. The van der Waals surface area contributed by atoms with E-state index < -0.39 is 18.0 Å². The largest absolute Gasteiger partial charge is 0.493 e. The van der Waals surface area contributed by atoms with Crippen LogP contribution in [-0.4, -0.2) is 35.4 Å². The lowest BCUT2D eigenvalue weighted by atomic mass is 10.1. The molecule has 162 valence electrons. The fourth-order valence-electron chi connectivity index (χ4n) is 3.22. The van der Waals surface area contributed by atoms with Crippen LogP contribution in [0.2, 0.25) is 0 Å². The molecule has 1 atom stereocenters. The summed E-state index contributed by atoms with van der Waals surface area (Å²) in [5.41, 5.74) is 3.08. The Bertz CT molecular complexity index is 1080. The Balaban J connectivity index is 1.88. The molecule has 1 saturated heterocycles. The monoisotopic (exact) mass is 441 g/mol. The molecule has 0 bridgehead atoms. The Labute approximate surface area is 184 Å². The number of aryl methyl sites for hydroxylation is 2. The minimum Gasteiger partial charge on any atom is -0.493 e. The van der Waals surface area contributed by atoms with E-state index in [1.165, 1.54) is 12.0 Å². The highest BCUT2D eigenvalue weighted by Gasteiger charge is 2.37. The van der Waals surface area contributed by atoms with Crippen LogP contribution in [-0.2, 0) is 9.59 Å². The van der Waals surface area contributed by atoms with Gasteiger partial charge in [0.15, 0.2) is 17.6 Å². The SMILES string of the molecule is CCC(Oc1ccc(/C=C2/SC(=O)N(c3ccc(C)cc3C)C2=O)cc1OC)C(=O)O. The highest BCUT2D eigenvalue weighted by atomic mass is 32.2. The number of methoxy groups -OCH3 is 1. The standard InChI is InChI=1S/C23H23NO6S/c1-5-17(22(26)27)30-18-9-7-15(11-19(18)29-4)12-20-21(25)24(23(28)31-20)16-8-6-13(2)10-14(16)3/h6-12,17H,5H2,1-4H3,(H,26,27)/b20-12+. The number of amides is 2. The van der Waals surface area contributed by atoms with Crippen LogP contribution in [0.25, 0.3) is 6.08 Å². The second kappa shape index (κ2) is 9.26. The maximum absolute atomic E-state index is 12.9. The topological polar surface area (TPSA) is 93.1 Å². The first-order chi connectivity index (χ1) is 14.7. The van der Waals surface area contributed by atoms with Gasteiger partial charge in [0.05, 0.1) is 17.7 Å². The van der Waals surface area contributed by atoms with Crippen molar-refractivity contribution in [3.63, 3.8) is 0 Å². The molecule has 7 nitrogen and oxygen atoms in total. The molecule has 0 saturated carbocycles. The number of nitrogens with zero attached hydrogens (tertiary/aromatic N) is 1. The number of carbonyl (C=O) groups is 3. The van der Waals surface area contributed by atoms with Gasteiger partial charge in [-0.25, -0.2) is 9.69 Å². The minimum atomic E-state index is -1.06. The predicted molar refractivity (Wildman–Crippen MR) is 120 cm³/mol. The molecule has 1 unspecified atom stereocenters. The van der Waals surface area contributed by atoms with E-state index in [1.54, 1.807) is 37.3 Å². The van der Waals surface area contributed by atoms with Crippen molar-refractivity contribution in [3.8, 4) is 11.5 Å². The van der Waals surface area contributed by atoms with E-state index in [9.17, 15) is 19.5 Å². The number of anilines is 1. The Morgan fingerprint density at radius 3 is 2.52 bits per heavy atom. The van der Waals surface area contributed by atoms with Crippen LogP contribution in [0, 0.1) is 13.8 Å². The highest BCUT2D eigenvalue weighted by Crippen LogP contribution is 2.38. The minimum absolute atomic E-state index is 0.289. The van der Waals surface area contributed by atoms with E-state index in [0.29, 0.717) is 23.4 Å². The van der Waals surface area contributed by atoms with E-state index in [-0.39, 0.29) is 15.9 Å². The van der Waals surface area contributed by atoms with Crippen LogP contribution in [0.3, 0.4) is 0 Å². The maximum atomic E-state index is 12.9. The second-order valence-electron chi connectivity index (χ2n) is 7.07. The third-order valence-electron chi connectivity index (χ3n) is 4.79. The quantitative estimate of drug-likeness (QED) is 0.617. The Hall–Kier alpha value is -3.26. The summed E-state index contributed by atoms with van der Waals surface area (Å²) >= 11 is 0.869. The lowest BCUT2D eigenvalue weighted by Gasteiger charge is -2.16. The summed E-state index contributed by atoms with van der Waals surface area (Å²) in [6.07, 6.45) is 0.912. The Morgan fingerprint density at radius 2 is 1.90 bits per heavy atom. The summed E-state index contributed by atoms with van der Waals surface area (Å²) in [6.45, 7) is 5.52. The molecule has 2 aromatic rings. The number of benzene rings is 2. The van der Waals surface area contributed by atoms with Crippen LogP contribution in [0.1, 0.15) is 30.0 Å². The normalized spacial score (nSPS) is 16.0. The lowest BCUT2D eigenvalue weighted by molar-refractivity contribution is -0.145. The molecule has 1 N–H and O–H groups in total. The fourth-order valence-corrected chi connectivity index (χ4v) is 4.05. The van der Waals surface area contributed by atoms with Gasteiger partial charge >= 0.3 is 5.97 Å². The van der Waals surface area contributed by atoms with E-state index in [2.05, 4.69) is 0 Å². The second-order valence-corrected chi connectivity index (χ2v) is 8.06. The van der Waals surface area contributed by atoms with Crippen LogP contribution in [0.5, 0.6) is 11.5 Å². The van der Waals surface area contributed by atoms with Gasteiger partial charge in [0.2, 0.25) is 0 Å². The van der Waals surface area contributed by atoms with Gasteiger partial charge in [-0.1, -0.05) is 30.7 Å². The molecular formula is C23H23NO6S. The van der Waals surface area contributed by atoms with Crippen molar-refractivity contribution in [2.45, 2.75) is 33.3 Å². The van der Waals surface area contributed by atoms with Crippen molar-refractivity contribution < 1.29 is 29.0 Å². The number of hydrogen-bond donors (Lipinski definition) is 1. The summed E-state index contributed by atoms with van der Waals surface area (Å²) in [6, 6.07) is 10.5. The molecular weight excluding hydrogens is 418 g/mol. The summed E-state index contributed by atoms with van der Waals surface area (Å²) in [4.78, 5) is 38.2. The molecule has 2 aromatic carbocycles. The highest BCUT2D eigenvalue weighted by molar-refractivity contribution is 8.19. The predicted octanol–water partition coefficient (Wildman–Crippen LogP) is 4.79. The summed E-state index contributed by atoms with van der Waals surface area (Å²) in [5, 5.41) is 8.84. The van der Waals surface area contributed by atoms with Crippen LogP contribution in [0.15, 0.2) is 41.3 Å². The molecule has 31 heavy (non-hydrogen) atoms. The molecule has 0 aliphatic carbocycles. The third-order valence-corrected chi connectivity index (χ3v) is 5.66. The molecule has 2 amide bonds. The van der Waals surface area contributed by atoms with Crippen molar-refractivity contribution in [1.29, 1.82) is 0 Å². The van der Waals surface area contributed by atoms with E-state index in [4.69, 9.17) is 9.47 Å². The van der Waals surface area contributed by atoms with Crippen molar-refractivity contribution in [1.82, 2.24) is 0 Å². The number of imide groups is 1. The molecule has 3 rings (SSSR count). The zero-order valence-electron chi connectivity index (χ0n) is 17.7. The number of carboxylic acids is 1. The van der Waals surface area contributed by atoms with Gasteiger partial charge in [-0.2, -0.15) is 0 Å². The van der Waals surface area contributed by atoms with Gasteiger partial charge in [0, 0.05) is 0 Å².